The Morgan fingerprint density at radius 2 is 1.89 bits per heavy atom. The second kappa shape index (κ2) is 7.90. The number of carbonyl (C=O) groups excluding carboxylic acids is 3. The van der Waals surface area contributed by atoms with Crippen molar-refractivity contribution in [2.45, 2.75) is 20.3 Å². The molecule has 140 valence electrons. The van der Waals surface area contributed by atoms with E-state index >= 15 is 0 Å². The normalized spacial score (nSPS) is 13.3. The van der Waals surface area contributed by atoms with Gasteiger partial charge in [-0.2, -0.15) is 0 Å². The molecule has 0 radical (unpaired) electrons. The molecule has 7 heteroatoms. The van der Waals surface area contributed by atoms with E-state index in [1.165, 1.54) is 4.90 Å². The molecule has 3 amide bonds. The van der Waals surface area contributed by atoms with Gasteiger partial charge in [-0.3, -0.25) is 30.1 Å². The maximum Gasteiger partial charge on any atom is 0.269 e. The van der Waals surface area contributed by atoms with Crippen LogP contribution < -0.4 is 20.5 Å². The van der Waals surface area contributed by atoms with Crippen molar-refractivity contribution >= 4 is 23.4 Å². The van der Waals surface area contributed by atoms with Gasteiger partial charge >= 0.3 is 0 Å². The SMILES string of the molecule is Cc1ccc(C(=O)NNC(=O)CN2C(=O)CCOc3ccccc32)c(C)c1. The predicted octanol–water partition coefficient (Wildman–Crippen LogP) is 1.88. The van der Waals surface area contributed by atoms with Gasteiger partial charge in [0, 0.05) is 5.56 Å². The van der Waals surface area contributed by atoms with E-state index in [9.17, 15) is 14.4 Å². The highest BCUT2D eigenvalue weighted by Gasteiger charge is 2.25. The Morgan fingerprint density at radius 3 is 2.67 bits per heavy atom. The lowest BCUT2D eigenvalue weighted by atomic mass is 10.1. The van der Waals surface area contributed by atoms with Gasteiger partial charge in [-0.1, -0.05) is 29.8 Å². The molecule has 1 aliphatic heterocycles. The standard InChI is InChI=1S/C20H21N3O4/c1-13-7-8-15(14(2)11-13)20(26)22-21-18(24)12-23-16-5-3-4-6-17(16)27-10-9-19(23)25/h3-8,11H,9-10,12H2,1-2H3,(H,21,24)(H,22,26). The van der Waals surface area contributed by atoms with E-state index in [1.54, 1.807) is 30.3 Å². The first-order chi connectivity index (χ1) is 13.0. The van der Waals surface area contributed by atoms with Crippen LogP contribution in [0.1, 0.15) is 27.9 Å². The minimum Gasteiger partial charge on any atom is -0.491 e. The zero-order valence-corrected chi connectivity index (χ0v) is 15.2. The number of nitrogens with zero attached hydrogens (tertiary/aromatic N) is 1. The zero-order chi connectivity index (χ0) is 19.4. The molecule has 1 heterocycles. The second-order valence-electron chi connectivity index (χ2n) is 6.37. The minimum absolute atomic E-state index is 0.177. The van der Waals surface area contributed by atoms with Crippen LogP contribution >= 0.6 is 0 Å². The fraction of sp³-hybridized carbons (Fsp3) is 0.250. The molecule has 27 heavy (non-hydrogen) atoms. The number of rotatable bonds is 3. The van der Waals surface area contributed by atoms with Crippen LogP contribution in [0.3, 0.4) is 0 Å². The van der Waals surface area contributed by atoms with Crippen LogP contribution in [0.4, 0.5) is 5.69 Å². The second-order valence-corrected chi connectivity index (χ2v) is 6.37. The van der Waals surface area contributed by atoms with Gasteiger partial charge in [-0.15, -0.1) is 0 Å². The number of amides is 3. The summed E-state index contributed by atoms with van der Waals surface area (Å²) in [6.45, 7) is 3.82. The molecule has 0 spiro atoms. The van der Waals surface area contributed by atoms with E-state index in [-0.39, 0.29) is 25.5 Å². The topological polar surface area (TPSA) is 87.7 Å². The first kappa shape index (κ1) is 18.4. The number of ether oxygens (including phenoxy) is 1. The number of carbonyl (C=O) groups is 3. The van der Waals surface area contributed by atoms with E-state index in [2.05, 4.69) is 10.9 Å². The molecular weight excluding hydrogens is 346 g/mol. The highest BCUT2D eigenvalue weighted by molar-refractivity contribution is 6.01. The molecule has 0 saturated heterocycles. The minimum atomic E-state index is -0.502. The monoisotopic (exact) mass is 367 g/mol. The number of hydrogen-bond donors (Lipinski definition) is 2. The Balaban J connectivity index is 1.65. The van der Waals surface area contributed by atoms with Crippen LogP contribution in [0.15, 0.2) is 42.5 Å². The van der Waals surface area contributed by atoms with E-state index in [0.29, 0.717) is 17.0 Å². The van der Waals surface area contributed by atoms with Crippen molar-refractivity contribution in [2.24, 2.45) is 0 Å². The van der Waals surface area contributed by atoms with Crippen molar-refractivity contribution in [2.75, 3.05) is 18.1 Å². The van der Waals surface area contributed by atoms with Crippen molar-refractivity contribution in [1.29, 1.82) is 0 Å². The number of aryl methyl sites for hydroxylation is 2. The van der Waals surface area contributed by atoms with Gasteiger partial charge in [0.15, 0.2) is 0 Å². The zero-order valence-electron chi connectivity index (χ0n) is 15.2. The highest BCUT2D eigenvalue weighted by atomic mass is 16.5. The number of para-hydroxylation sites is 2. The molecule has 0 aliphatic carbocycles. The quantitative estimate of drug-likeness (QED) is 0.811. The summed E-state index contributed by atoms with van der Waals surface area (Å²) in [5.41, 5.74) is 7.64. The molecule has 0 aromatic heterocycles. The van der Waals surface area contributed by atoms with Crippen LogP contribution in [0, 0.1) is 13.8 Å². The first-order valence-electron chi connectivity index (χ1n) is 8.64. The fourth-order valence-corrected chi connectivity index (χ4v) is 2.94. The Morgan fingerprint density at radius 1 is 1.11 bits per heavy atom. The maximum atomic E-state index is 12.3. The fourth-order valence-electron chi connectivity index (χ4n) is 2.94. The smallest absolute Gasteiger partial charge is 0.269 e. The van der Waals surface area contributed by atoms with Crippen LogP contribution in [0.2, 0.25) is 0 Å². The molecule has 0 bridgehead atoms. The first-order valence-corrected chi connectivity index (χ1v) is 8.64. The van der Waals surface area contributed by atoms with E-state index in [0.717, 1.165) is 11.1 Å². The molecule has 3 rings (SSSR count). The number of hydrazine groups is 1. The third-order valence-corrected chi connectivity index (χ3v) is 4.27. The Hall–Kier alpha value is -3.35. The van der Waals surface area contributed by atoms with Gasteiger partial charge in [-0.25, -0.2) is 0 Å². The van der Waals surface area contributed by atoms with Crippen LogP contribution in [-0.2, 0) is 9.59 Å². The molecule has 1 aliphatic rings. The molecule has 2 aromatic carbocycles. The number of hydrogen-bond acceptors (Lipinski definition) is 4. The molecular formula is C20H21N3O4. The molecule has 2 aromatic rings. The van der Waals surface area contributed by atoms with E-state index in [4.69, 9.17) is 4.74 Å². The van der Waals surface area contributed by atoms with Crippen molar-refractivity contribution < 1.29 is 19.1 Å². The van der Waals surface area contributed by atoms with Gasteiger partial charge in [0.1, 0.15) is 12.3 Å². The Kier molecular flexibility index (Phi) is 5.40. The highest BCUT2D eigenvalue weighted by Crippen LogP contribution is 2.30. The summed E-state index contributed by atoms with van der Waals surface area (Å²) in [5, 5.41) is 0. The largest absolute Gasteiger partial charge is 0.491 e. The van der Waals surface area contributed by atoms with Gasteiger partial charge in [-0.05, 0) is 37.6 Å². The van der Waals surface area contributed by atoms with E-state index in [1.807, 2.05) is 26.0 Å². The average Bonchev–Trinajstić information content (AvgIpc) is 2.79. The summed E-state index contributed by atoms with van der Waals surface area (Å²) >= 11 is 0. The van der Waals surface area contributed by atoms with Gasteiger partial charge in [0.2, 0.25) is 5.91 Å². The predicted molar refractivity (Wildman–Crippen MR) is 100 cm³/mol. The van der Waals surface area contributed by atoms with Crippen molar-refractivity contribution in [3.05, 3.63) is 59.2 Å². The molecule has 2 N–H and O–H groups in total. The number of fused-ring (bicyclic) bond motifs is 1. The van der Waals surface area contributed by atoms with Crippen molar-refractivity contribution in [3.63, 3.8) is 0 Å². The molecule has 0 atom stereocenters. The number of anilines is 1. The summed E-state index contributed by atoms with van der Waals surface area (Å²) in [5.74, 6) is -0.573. The Labute approximate surface area is 157 Å². The summed E-state index contributed by atoms with van der Waals surface area (Å²) in [7, 11) is 0. The number of benzene rings is 2. The van der Waals surface area contributed by atoms with Crippen LogP contribution in [0.5, 0.6) is 5.75 Å². The van der Waals surface area contributed by atoms with E-state index < -0.39 is 11.8 Å². The Bertz CT molecular complexity index is 895. The molecule has 0 unspecified atom stereocenters. The van der Waals surface area contributed by atoms with Crippen LogP contribution in [-0.4, -0.2) is 30.9 Å². The van der Waals surface area contributed by atoms with Gasteiger partial charge in [0.05, 0.1) is 18.7 Å². The molecule has 0 saturated carbocycles. The lowest BCUT2D eigenvalue weighted by Gasteiger charge is -2.21. The van der Waals surface area contributed by atoms with Crippen molar-refractivity contribution in [3.8, 4) is 5.75 Å². The molecule has 7 nitrogen and oxygen atoms in total. The number of nitrogens with one attached hydrogen (secondary N) is 2. The van der Waals surface area contributed by atoms with Gasteiger partial charge < -0.3 is 4.74 Å². The van der Waals surface area contributed by atoms with Crippen LogP contribution in [0.25, 0.3) is 0 Å². The lowest BCUT2D eigenvalue weighted by molar-refractivity contribution is -0.124. The third kappa shape index (κ3) is 4.25. The summed E-state index contributed by atoms with van der Waals surface area (Å²) in [6.07, 6.45) is 0.177. The molecule has 0 fully saturated rings. The maximum absolute atomic E-state index is 12.3. The lowest BCUT2D eigenvalue weighted by Crippen LogP contribution is -2.47. The third-order valence-electron chi connectivity index (χ3n) is 4.27. The summed E-state index contributed by atoms with van der Waals surface area (Å²) < 4.78 is 5.55. The summed E-state index contributed by atoms with van der Waals surface area (Å²) in [6, 6.07) is 12.5. The van der Waals surface area contributed by atoms with Gasteiger partial charge in [0.25, 0.3) is 11.8 Å². The van der Waals surface area contributed by atoms with Crippen molar-refractivity contribution in [1.82, 2.24) is 10.9 Å². The average molecular weight is 367 g/mol. The summed E-state index contributed by atoms with van der Waals surface area (Å²) in [4.78, 5) is 38.2.